The highest BCUT2D eigenvalue weighted by molar-refractivity contribution is 6.17. The number of carbonyl (C=O) groups is 3. The Hall–Kier alpha value is -2.70. The van der Waals surface area contributed by atoms with Crippen molar-refractivity contribution in [3.05, 3.63) is 35.4 Å². The maximum atomic E-state index is 12.0. The molecule has 1 aromatic carbocycles. The summed E-state index contributed by atoms with van der Waals surface area (Å²) in [7, 11) is 0. The van der Waals surface area contributed by atoms with Crippen molar-refractivity contribution in [3.63, 3.8) is 0 Å². The molecule has 104 valence electrons. The second kappa shape index (κ2) is 5.52. The first-order valence-electron chi connectivity index (χ1n) is 6.00. The lowest BCUT2D eigenvalue weighted by Gasteiger charge is -2.13. The van der Waals surface area contributed by atoms with Gasteiger partial charge in [0.2, 0.25) is 5.91 Å². The van der Waals surface area contributed by atoms with Crippen LogP contribution in [0.4, 0.5) is 0 Å². The highest BCUT2D eigenvalue weighted by Crippen LogP contribution is 2.04. The zero-order chi connectivity index (χ0) is 14.7. The first-order chi connectivity index (χ1) is 9.47. The van der Waals surface area contributed by atoms with Gasteiger partial charge in [0.1, 0.15) is 0 Å². The van der Waals surface area contributed by atoms with E-state index in [0.717, 1.165) is 5.56 Å². The average Bonchev–Trinajstić information content (AvgIpc) is 2.71. The van der Waals surface area contributed by atoms with E-state index >= 15 is 0 Å². The van der Waals surface area contributed by atoms with Gasteiger partial charge in [0.25, 0.3) is 11.8 Å². The third kappa shape index (κ3) is 3.00. The minimum absolute atomic E-state index is 0.0861. The molecule has 1 aromatic rings. The van der Waals surface area contributed by atoms with Gasteiger partial charge in [-0.2, -0.15) is 5.10 Å². The smallest absolute Gasteiger partial charge is 0.270 e. The summed E-state index contributed by atoms with van der Waals surface area (Å²) < 4.78 is 0. The van der Waals surface area contributed by atoms with Crippen LogP contribution in [-0.2, 0) is 9.59 Å². The van der Waals surface area contributed by atoms with Crippen LogP contribution in [0.3, 0.4) is 0 Å². The number of rotatable bonds is 2. The molecule has 7 nitrogen and oxygen atoms in total. The number of benzene rings is 1. The molecule has 1 heterocycles. The van der Waals surface area contributed by atoms with Crippen LogP contribution in [0.2, 0.25) is 0 Å². The molecule has 0 radical (unpaired) electrons. The van der Waals surface area contributed by atoms with E-state index < -0.39 is 17.9 Å². The largest absolute Gasteiger partial charge is 0.334 e. The second-order valence-corrected chi connectivity index (χ2v) is 4.43. The molecule has 7 heteroatoms. The predicted molar refractivity (Wildman–Crippen MR) is 71.8 cm³/mol. The van der Waals surface area contributed by atoms with Gasteiger partial charge in [-0.15, -0.1) is 0 Å². The van der Waals surface area contributed by atoms with Crippen molar-refractivity contribution >= 4 is 23.6 Å². The summed E-state index contributed by atoms with van der Waals surface area (Å²) >= 11 is 0. The van der Waals surface area contributed by atoms with E-state index in [4.69, 9.17) is 0 Å². The fourth-order valence-corrected chi connectivity index (χ4v) is 1.70. The molecule has 3 N–H and O–H groups in total. The Kier molecular flexibility index (Phi) is 3.79. The Bertz CT molecular complexity index is 592. The van der Waals surface area contributed by atoms with Gasteiger partial charge >= 0.3 is 0 Å². The molecule has 3 amide bonds. The average molecular weight is 274 g/mol. The van der Waals surface area contributed by atoms with Gasteiger partial charge in [-0.1, -0.05) is 17.7 Å². The Morgan fingerprint density at radius 2 is 1.90 bits per heavy atom. The number of amides is 3. The zero-order valence-electron chi connectivity index (χ0n) is 11.1. The van der Waals surface area contributed by atoms with E-state index in [0.29, 0.717) is 5.56 Å². The van der Waals surface area contributed by atoms with Gasteiger partial charge in [-0.3, -0.25) is 14.4 Å². The third-order valence-corrected chi connectivity index (χ3v) is 2.72. The SMILES string of the molecule is CC(=O)NC1=NNC(=O)C1NC(=O)c1ccc(C)cc1. The fraction of sp³-hybridized carbons (Fsp3) is 0.231. The maximum Gasteiger partial charge on any atom is 0.270 e. The molecule has 0 aromatic heterocycles. The standard InChI is InChI=1S/C13H14N4O3/c1-7-3-5-9(6-4-7)12(19)15-10-11(14-8(2)18)16-17-13(10)20/h3-6,10H,1-2H3,(H,15,19)(H,17,20)(H,14,16,18). The van der Waals surface area contributed by atoms with Crippen molar-refractivity contribution in [3.8, 4) is 0 Å². The molecule has 0 fully saturated rings. The van der Waals surface area contributed by atoms with Crippen molar-refractivity contribution in [2.75, 3.05) is 0 Å². The number of hydrogen-bond donors (Lipinski definition) is 3. The molecule has 0 spiro atoms. The van der Waals surface area contributed by atoms with Crippen molar-refractivity contribution in [1.29, 1.82) is 0 Å². The molecular weight excluding hydrogens is 260 g/mol. The molecular formula is C13H14N4O3. The predicted octanol–water partition coefficient (Wildman–Crippen LogP) is -0.327. The van der Waals surface area contributed by atoms with E-state index in [-0.39, 0.29) is 11.7 Å². The number of hydrogen-bond acceptors (Lipinski definition) is 4. The normalized spacial score (nSPS) is 17.2. The minimum Gasteiger partial charge on any atom is -0.334 e. The quantitative estimate of drug-likeness (QED) is 0.688. The van der Waals surface area contributed by atoms with E-state index in [1.807, 2.05) is 6.92 Å². The maximum absolute atomic E-state index is 12.0. The number of hydrazone groups is 1. The van der Waals surface area contributed by atoms with Crippen LogP contribution < -0.4 is 16.1 Å². The first-order valence-corrected chi connectivity index (χ1v) is 6.00. The molecule has 1 unspecified atom stereocenters. The molecule has 0 aliphatic carbocycles. The lowest BCUT2D eigenvalue weighted by atomic mass is 10.1. The van der Waals surface area contributed by atoms with Gasteiger partial charge in [0.05, 0.1) is 0 Å². The summed E-state index contributed by atoms with van der Waals surface area (Å²) in [5.41, 5.74) is 3.67. The second-order valence-electron chi connectivity index (χ2n) is 4.43. The van der Waals surface area contributed by atoms with Crippen LogP contribution in [0, 0.1) is 6.92 Å². The minimum atomic E-state index is -0.993. The van der Waals surface area contributed by atoms with E-state index in [2.05, 4.69) is 21.2 Å². The summed E-state index contributed by atoms with van der Waals surface area (Å²) in [6, 6.07) is 5.92. The van der Waals surface area contributed by atoms with Gasteiger partial charge in [-0.25, -0.2) is 5.43 Å². The van der Waals surface area contributed by atoms with Gasteiger partial charge < -0.3 is 10.6 Å². The summed E-state index contributed by atoms with van der Waals surface area (Å²) in [6.45, 7) is 3.21. The van der Waals surface area contributed by atoms with Gasteiger partial charge in [-0.05, 0) is 19.1 Å². The highest BCUT2D eigenvalue weighted by Gasteiger charge is 2.32. The molecule has 2 rings (SSSR count). The summed E-state index contributed by atoms with van der Waals surface area (Å²) in [6.07, 6.45) is 0. The summed E-state index contributed by atoms with van der Waals surface area (Å²) in [5, 5.41) is 8.59. The van der Waals surface area contributed by atoms with E-state index in [1.165, 1.54) is 6.92 Å². The molecule has 1 aliphatic rings. The molecule has 0 saturated heterocycles. The monoisotopic (exact) mass is 274 g/mol. The topological polar surface area (TPSA) is 99.7 Å². The number of nitrogens with zero attached hydrogens (tertiary/aromatic N) is 1. The Morgan fingerprint density at radius 1 is 1.25 bits per heavy atom. The number of carbonyl (C=O) groups excluding carboxylic acids is 3. The third-order valence-electron chi connectivity index (χ3n) is 2.72. The van der Waals surface area contributed by atoms with Crippen LogP contribution in [0.25, 0.3) is 0 Å². The fourth-order valence-electron chi connectivity index (χ4n) is 1.70. The van der Waals surface area contributed by atoms with Crippen LogP contribution >= 0.6 is 0 Å². The molecule has 1 atom stereocenters. The van der Waals surface area contributed by atoms with Crippen LogP contribution in [0.15, 0.2) is 29.4 Å². The van der Waals surface area contributed by atoms with Gasteiger partial charge in [0.15, 0.2) is 11.9 Å². The van der Waals surface area contributed by atoms with Crippen molar-refractivity contribution in [1.82, 2.24) is 16.1 Å². The van der Waals surface area contributed by atoms with Crippen LogP contribution in [-0.4, -0.2) is 29.6 Å². The zero-order valence-corrected chi connectivity index (χ0v) is 11.1. The molecule has 0 saturated carbocycles. The lowest BCUT2D eigenvalue weighted by Crippen LogP contribution is -2.50. The molecule has 1 aliphatic heterocycles. The summed E-state index contributed by atoms with van der Waals surface area (Å²) in [5.74, 6) is -1.18. The Labute approximate surface area is 115 Å². The van der Waals surface area contributed by atoms with Crippen molar-refractivity contribution in [2.24, 2.45) is 5.10 Å². The molecule has 0 bridgehead atoms. The Morgan fingerprint density at radius 3 is 2.50 bits per heavy atom. The number of amidine groups is 1. The first kappa shape index (κ1) is 13.7. The summed E-state index contributed by atoms with van der Waals surface area (Å²) in [4.78, 5) is 34.6. The van der Waals surface area contributed by atoms with Crippen LogP contribution in [0.1, 0.15) is 22.8 Å². The highest BCUT2D eigenvalue weighted by atomic mass is 16.2. The number of nitrogens with one attached hydrogen (secondary N) is 3. The van der Waals surface area contributed by atoms with E-state index in [1.54, 1.807) is 24.3 Å². The van der Waals surface area contributed by atoms with Crippen LogP contribution in [0.5, 0.6) is 0 Å². The van der Waals surface area contributed by atoms with E-state index in [9.17, 15) is 14.4 Å². The lowest BCUT2D eigenvalue weighted by molar-refractivity contribution is -0.120. The van der Waals surface area contributed by atoms with Crippen molar-refractivity contribution in [2.45, 2.75) is 19.9 Å². The van der Waals surface area contributed by atoms with Crippen molar-refractivity contribution < 1.29 is 14.4 Å². The molecule has 20 heavy (non-hydrogen) atoms. The number of aryl methyl sites for hydroxylation is 1. The van der Waals surface area contributed by atoms with Gasteiger partial charge in [0, 0.05) is 12.5 Å². The Balaban J connectivity index is 2.09.